The molecule has 8 heteroatoms. The van der Waals surface area contributed by atoms with Gasteiger partial charge in [0.15, 0.2) is 21.4 Å². The maximum atomic E-state index is 13.5. The smallest absolute Gasteiger partial charge is 0.237 e. The highest BCUT2D eigenvalue weighted by molar-refractivity contribution is 7.91. The van der Waals surface area contributed by atoms with E-state index in [0.29, 0.717) is 19.5 Å². The Morgan fingerprint density at radius 1 is 1.14 bits per heavy atom. The van der Waals surface area contributed by atoms with Crippen LogP contribution < -0.4 is 10.1 Å². The number of carbonyl (C=O) groups is 1. The van der Waals surface area contributed by atoms with Crippen molar-refractivity contribution in [2.24, 2.45) is 0 Å². The predicted octanol–water partition coefficient (Wildman–Crippen LogP) is 2.01. The number of rotatable bonds is 9. The van der Waals surface area contributed by atoms with Gasteiger partial charge in [0.05, 0.1) is 18.1 Å². The Balaban J connectivity index is 1.53. The molecule has 1 N–H and O–H groups in total. The molecule has 1 unspecified atom stereocenters. The summed E-state index contributed by atoms with van der Waals surface area (Å²) < 4.78 is 42.6. The molecule has 1 saturated heterocycles. The first-order chi connectivity index (χ1) is 13.9. The summed E-state index contributed by atoms with van der Waals surface area (Å²) in [4.78, 5) is 14.4. The average Bonchev–Trinajstić information content (AvgIpc) is 3.07. The number of carbonyl (C=O) groups excluding carboxylic acids is 1. The first kappa shape index (κ1) is 21.3. The van der Waals surface area contributed by atoms with Gasteiger partial charge in [-0.1, -0.05) is 42.5 Å². The Morgan fingerprint density at radius 2 is 1.86 bits per heavy atom. The second-order valence-corrected chi connectivity index (χ2v) is 9.25. The zero-order valence-corrected chi connectivity index (χ0v) is 16.9. The average molecular weight is 421 g/mol. The van der Waals surface area contributed by atoms with Crippen molar-refractivity contribution in [3.63, 3.8) is 0 Å². The molecule has 6 nitrogen and oxygen atoms in total. The van der Waals surface area contributed by atoms with Crippen LogP contribution in [-0.2, 0) is 21.2 Å². The molecule has 0 bridgehead atoms. The molecule has 1 fully saturated rings. The predicted molar refractivity (Wildman–Crippen MR) is 109 cm³/mol. The van der Waals surface area contributed by atoms with Crippen molar-refractivity contribution in [2.45, 2.75) is 19.0 Å². The van der Waals surface area contributed by atoms with Gasteiger partial charge in [-0.25, -0.2) is 12.8 Å². The molecule has 1 aliphatic heterocycles. The molecule has 1 aliphatic rings. The fourth-order valence-corrected chi connectivity index (χ4v) is 5.04. The van der Waals surface area contributed by atoms with Gasteiger partial charge in [-0.2, -0.15) is 0 Å². The van der Waals surface area contributed by atoms with Crippen molar-refractivity contribution in [3.05, 3.63) is 66.0 Å². The first-order valence-electron chi connectivity index (χ1n) is 9.56. The van der Waals surface area contributed by atoms with Gasteiger partial charge in [0.25, 0.3) is 0 Å². The minimum absolute atomic E-state index is 0.00195. The molecular weight excluding hydrogens is 395 g/mol. The van der Waals surface area contributed by atoms with Crippen molar-refractivity contribution >= 4 is 15.7 Å². The molecule has 29 heavy (non-hydrogen) atoms. The van der Waals surface area contributed by atoms with Crippen LogP contribution in [-0.4, -0.2) is 56.5 Å². The van der Waals surface area contributed by atoms with Crippen LogP contribution in [0.3, 0.4) is 0 Å². The van der Waals surface area contributed by atoms with E-state index in [-0.39, 0.29) is 42.4 Å². The number of halogens is 1. The van der Waals surface area contributed by atoms with Crippen LogP contribution in [0.2, 0.25) is 0 Å². The topological polar surface area (TPSA) is 75.7 Å². The lowest BCUT2D eigenvalue weighted by molar-refractivity contribution is -0.132. The van der Waals surface area contributed by atoms with E-state index in [9.17, 15) is 17.6 Å². The molecule has 0 aliphatic carbocycles. The molecule has 0 radical (unpaired) electrons. The molecular formula is C21H25FN2O4S. The highest BCUT2D eigenvalue weighted by Crippen LogP contribution is 2.20. The summed E-state index contributed by atoms with van der Waals surface area (Å²) in [5.41, 5.74) is 0.952. The third kappa shape index (κ3) is 6.27. The number of ether oxygens (including phenoxy) is 1. The first-order valence-corrected chi connectivity index (χ1v) is 11.4. The molecule has 0 saturated carbocycles. The highest BCUT2D eigenvalue weighted by Gasteiger charge is 2.34. The van der Waals surface area contributed by atoms with E-state index in [1.54, 1.807) is 23.1 Å². The van der Waals surface area contributed by atoms with E-state index in [4.69, 9.17) is 4.74 Å². The monoisotopic (exact) mass is 420 g/mol. The van der Waals surface area contributed by atoms with Gasteiger partial charge in [-0.15, -0.1) is 0 Å². The molecule has 156 valence electrons. The van der Waals surface area contributed by atoms with Gasteiger partial charge in [0.1, 0.15) is 6.61 Å². The fourth-order valence-electron chi connectivity index (χ4n) is 3.31. The van der Waals surface area contributed by atoms with E-state index >= 15 is 0 Å². The van der Waals surface area contributed by atoms with Crippen molar-refractivity contribution in [1.82, 2.24) is 10.2 Å². The summed E-state index contributed by atoms with van der Waals surface area (Å²) in [6.07, 6.45) is 0.456. The van der Waals surface area contributed by atoms with Crippen LogP contribution in [0.5, 0.6) is 5.75 Å². The Morgan fingerprint density at radius 3 is 2.55 bits per heavy atom. The lowest BCUT2D eigenvalue weighted by Crippen LogP contribution is -2.45. The summed E-state index contributed by atoms with van der Waals surface area (Å²) in [5.74, 6) is -0.313. The molecule has 1 amide bonds. The van der Waals surface area contributed by atoms with Crippen molar-refractivity contribution in [3.8, 4) is 5.75 Å². The van der Waals surface area contributed by atoms with Crippen LogP contribution in [0.1, 0.15) is 12.0 Å². The molecule has 2 aromatic rings. The van der Waals surface area contributed by atoms with Crippen molar-refractivity contribution in [1.29, 1.82) is 0 Å². The van der Waals surface area contributed by atoms with E-state index in [1.807, 2.05) is 30.3 Å². The quantitative estimate of drug-likeness (QED) is 0.628. The molecule has 0 aromatic heterocycles. The zero-order chi connectivity index (χ0) is 20.7. The second kappa shape index (κ2) is 9.84. The number of benzene rings is 2. The van der Waals surface area contributed by atoms with Gasteiger partial charge in [0, 0.05) is 19.1 Å². The summed E-state index contributed by atoms with van der Waals surface area (Å²) in [7, 11) is -3.10. The van der Waals surface area contributed by atoms with Gasteiger partial charge in [-0.05, 0) is 24.1 Å². The molecule has 0 spiro atoms. The molecule has 1 atom stereocenters. The van der Waals surface area contributed by atoms with Crippen LogP contribution in [0.15, 0.2) is 54.6 Å². The van der Waals surface area contributed by atoms with Crippen LogP contribution >= 0.6 is 0 Å². The van der Waals surface area contributed by atoms with Gasteiger partial charge < -0.3 is 15.0 Å². The minimum atomic E-state index is -3.10. The van der Waals surface area contributed by atoms with E-state index < -0.39 is 15.7 Å². The van der Waals surface area contributed by atoms with E-state index in [0.717, 1.165) is 5.56 Å². The summed E-state index contributed by atoms with van der Waals surface area (Å²) in [5, 5.41) is 3.00. The third-order valence-electron chi connectivity index (χ3n) is 4.81. The number of sulfone groups is 1. The number of nitrogens with zero attached hydrogens (tertiary/aromatic N) is 1. The van der Waals surface area contributed by atoms with Crippen LogP contribution in [0.25, 0.3) is 0 Å². The number of hydrogen-bond acceptors (Lipinski definition) is 5. The lowest BCUT2D eigenvalue weighted by Gasteiger charge is -2.28. The number of amides is 1. The summed E-state index contributed by atoms with van der Waals surface area (Å²) in [6, 6.07) is 15.3. The largest absolute Gasteiger partial charge is 0.489 e. The number of nitrogens with one attached hydrogen (secondary N) is 1. The highest BCUT2D eigenvalue weighted by atomic mass is 32.2. The zero-order valence-electron chi connectivity index (χ0n) is 16.1. The molecule has 2 aromatic carbocycles. The van der Waals surface area contributed by atoms with Gasteiger partial charge >= 0.3 is 0 Å². The summed E-state index contributed by atoms with van der Waals surface area (Å²) in [6.45, 7) is 1.00. The maximum Gasteiger partial charge on any atom is 0.237 e. The van der Waals surface area contributed by atoms with E-state index in [1.165, 1.54) is 6.07 Å². The molecule has 3 rings (SSSR count). The van der Waals surface area contributed by atoms with Gasteiger partial charge in [0.2, 0.25) is 5.91 Å². The minimum Gasteiger partial charge on any atom is -0.489 e. The Bertz CT molecular complexity index is 921. The Labute approximate surface area is 170 Å². The van der Waals surface area contributed by atoms with Crippen LogP contribution in [0.4, 0.5) is 4.39 Å². The van der Waals surface area contributed by atoms with Crippen molar-refractivity contribution in [2.75, 3.05) is 31.2 Å². The van der Waals surface area contributed by atoms with Crippen LogP contribution in [0, 0.1) is 5.82 Å². The SMILES string of the molecule is O=C(CNCCOc1ccccc1F)N(Cc1ccccc1)C1CCS(=O)(=O)C1. The normalized spacial score (nSPS) is 17.8. The summed E-state index contributed by atoms with van der Waals surface area (Å²) >= 11 is 0. The Hall–Kier alpha value is -2.45. The standard InChI is InChI=1S/C21H25FN2O4S/c22-19-8-4-5-9-20(19)28-12-11-23-14-21(25)24(15-17-6-2-1-3-7-17)18-10-13-29(26,27)16-18/h1-9,18,23H,10-16H2. The fraction of sp³-hybridized carbons (Fsp3) is 0.381. The number of para-hydroxylation sites is 1. The lowest BCUT2D eigenvalue weighted by atomic mass is 10.1. The maximum absolute atomic E-state index is 13.5. The third-order valence-corrected chi connectivity index (χ3v) is 6.56. The van der Waals surface area contributed by atoms with E-state index in [2.05, 4.69) is 5.32 Å². The second-order valence-electron chi connectivity index (χ2n) is 7.02. The number of hydrogen-bond donors (Lipinski definition) is 1. The Kier molecular flexibility index (Phi) is 7.22. The van der Waals surface area contributed by atoms with Crippen molar-refractivity contribution < 1.29 is 22.3 Å². The van der Waals surface area contributed by atoms with Gasteiger partial charge in [-0.3, -0.25) is 4.79 Å². The molecule has 1 heterocycles.